The van der Waals surface area contributed by atoms with E-state index in [4.69, 9.17) is 14.0 Å². The molecule has 0 radical (unpaired) electrons. The molecule has 160 valence electrons. The van der Waals surface area contributed by atoms with Crippen LogP contribution in [0.2, 0.25) is 0 Å². The molecule has 10 heteroatoms. The lowest BCUT2D eigenvalue weighted by molar-refractivity contribution is -0.135. The zero-order valence-electron chi connectivity index (χ0n) is 16.9. The van der Waals surface area contributed by atoms with E-state index in [9.17, 15) is 10.0 Å². The first kappa shape index (κ1) is 21.9. The van der Waals surface area contributed by atoms with E-state index in [-0.39, 0.29) is 5.92 Å². The third kappa shape index (κ3) is 5.42. The van der Waals surface area contributed by atoms with Gasteiger partial charge in [-0.2, -0.15) is 0 Å². The van der Waals surface area contributed by atoms with E-state index >= 15 is 0 Å². The summed E-state index contributed by atoms with van der Waals surface area (Å²) in [6, 6.07) is 12.0. The second kappa shape index (κ2) is 10.3. The molecule has 1 heterocycles. The van der Waals surface area contributed by atoms with Crippen molar-refractivity contribution in [3.8, 4) is 11.5 Å². The van der Waals surface area contributed by atoms with Crippen LogP contribution in [0.25, 0.3) is 11.0 Å². The molecular formula is C20H24N4O5S. The van der Waals surface area contributed by atoms with Gasteiger partial charge in [0.2, 0.25) is 0 Å². The molecule has 9 nitrogen and oxygen atoms in total. The number of benzene rings is 2. The minimum absolute atomic E-state index is 0.106. The predicted molar refractivity (Wildman–Crippen MR) is 112 cm³/mol. The van der Waals surface area contributed by atoms with Gasteiger partial charge in [-0.1, -0.05) is 24.2 Å². The van der Waals surface area contributed by atoms with Crippen LogP contribution in [0.4, 0.5) is 0 Å². The number of aromatic amines is 1. The lowest BCUT2D eigenvalue weighted by atomic mass is 10.0. The number of H-pyrrole nitrogens is 1. The van der Waals surface area contributed by atoms with Crippen LogP contribution < -0.4 is 15.1 Å². The molecule has 1 aromatic heterocycles. The highest BCUT2D eigenvalue weighted by Gasteiger charge is 2.31. The molecule has 0 aliphatic heterocycles. The average Bonchev–Trinajstić information content (AvgIpc) is 3.21. The standard InChI is InChI=1S/C20H24N4O5S/c1-13(2)19(20(25)23-26)24(11-14-4-9-17-18(10-14)22-12-21-17)30-29-28-16-7-5-15(27-3)6-8-16/h4-10,12-13,19,26H,11H2,1-3H3,(H,21,22)(H,23,25)/t19-/m1/s1. The molecule has 30 heavy (non-hydrogen) atoms. The first-order valence-corrected chi connectivity index (χ1v) is 9.99. The predicted octanol–water partition coefficient (Wildman–Crippen LogP) is 3.48. The molecule has 0 spiro atoms. The maximum Gasteiger partial charge on any atom is 0.261 e. The summed E-state index contributed by atoms with van der Waals surface area (Å²) in [7, 11) is 1.58. The summed E-state index contributed by atoms with van der Waals surface area (Å²) in [6.07, 6.45) is 1.63. The van der Waals surface area contributed by atoms with E-state index in [1.54, 1.807) is 47.5 Å². The van der Waals surface area contributed by atoms with Crippen molar-refractivity contribution in [2.45, 2.75) is 26.4 Å². The van der Waals surface area contributed by atoms with Crippen LogP contribution in [0.5, 0.6) is 11.5 Å². The molecule has 3 N–H and O–H groups in total. The van der Waals surface area contributed by atoms with Gasteiger partial charge < -0.3 is 14.6 Å². The van der Waals surface area contributed by atoms with Crippen LogP contribution in [0.3, 0.4) is 0 Å². The van der Waals surface area contributed by atoms with E-state index in [0.717, 1.165) is 28.8 Å². The van der Waals surface area contributed by atoms with Gasteiger partial charge in [-0.15, -0.1) is 0 Å². The van der Waals surface area contributed by atoms with Gasteiger partial charge in [0.1, 0.15) is 24.0 Å². The number of aromatic nitrogens is 2. The molecule has 0 saturated heterocycles. The maximum absolute atomic E-state index is 12.3. The Morgan fingerprint density at radius 1 is 1.23 bits per heavy atom. The van der Waals surface area contributed by atoms with Gasteiger partial charge in [0, 0.05) is 6.54 Å². The van der Waals surface area contributed by atoms with E-state index < -0.39 is 11.9 Å². The van der Waals surface area contributed by atoms with Crippen molar-refractivity contribution in [1.29, 1.82) is 0 Å². The van der Waals surface area contributed by atoms with E-state index in [2.05, 4.69) is 9.97 Å². The van der Waals surface area contributed by atoms with E-state index in [1.807, 2.05) is 32.0 Å². The van der Waals surface area contributed by atoms with Crippen LogP contribution in [0.1, 0.15) is 19.4 Å². The highest BCUT2D eigenvalue weighted by atomic mass is 32.2. The highest BCUT2D eigenvalue weighted by molar-refractivity contribution is 7.92. The van der Waals surface area contributed by atoms with Crippen LogP contribution in [-0.4, -0.2) is 38.5 Å². The number of amides is 1. The van der Waals surface area contributed by atoms with Crippen molar-refractivity contribution < 1.29 is 24.0 Å². The maximum atomic E-state index is 12.3. The Morgan fingerprint density at radius 2 is 1.97 bits per heavy atom. The van der Waals surface area contributed by atoms with E-state index in [0.29, 0.717) is 18.0 Å². The molecule has 0 aliphatic carbocycles. The average molecular weight is 433 g/mol. The molecular weight excluding hydrogens is 408 g/mol. The summed E-state index contributed by atoms with van der Waals surface area (Å²) < 4.78 is 12.2. The molecule has 0 unspecified atom stereocenters. The number of rotatable bonds is 10. The number of imidazole rings is 1. The Balaban J connectivity index is 1.74. The van der Waals surface area contributed by atoms with Crippen molar-refractivity contribution in [2.24, 2.45) is 5.92 Å². The van der Waals surface area contributed by atoms with E-state index in [1.165, 1.54) is 0 Å². The summed E-state index contributed by atoms with van der Waals surface area (Å²) in [5.74, 6) is 0.540. The Morgan fingerprint density at radius 3 is 2.63 bits per heavy atom. The molecule has 3 rings (SSSR count). The zero-order valence-corrected chi connectivity index (χ0v) is 17.7. The number of ether oxygens (including phenoxy) is 1. The number of fused-ring (bicyclic) bond motifs is 1. The largest absolute Gasteiger partial charge is 0.497 e. The van der Waals surface area contributed by atoms with Crippen LogP contribution in [-0.2, 0) is 15.7 Å². The fourth-order valence-electron chi connectivity index (χ4n) is 2.99. The topological polar surface area (TPSA) is 109 Å². The summed E-state index contributed by atoms with van der Waals surface area (Å²) in [6.45, 7) is 4.13. The second-order valence-electron chi connectivity index (χ2n) is 6.90. The van der Waals surface area contributed by atoms with Crippen molar-refractivity contribution in [3.63, 3.8) is 0 Å². The van der Waals surface area contributed by atoms with Gasteiger partial charge in [-0.3, -0.25) is 10.0 Å². The normalized spacial score (nSPS) is 12.3. The fourth-order valence-corrected chi connectivity index (χ4v) is 3.81. The molecule has 3 aromatic rings. The molecule has 0 aliphatic rings. The lowest BCUT2D eigenvalue weighted by Gasteiger charge is -2.30. The number of carbonyl (C=O) groups excluding carboxylic acids is 1. The summed E-state index contributed by atoms with van der Waals surface area (Å²) in [4.78, 5) is 24.9. The van der Waals surface area contributed by atoms with Gasteiger partial charge in [0.05, 0.1) is 24.5 Å². The Hall–Kier alpha value is -2.79. The zero-order chi connectivity index (χ0) is 21.5. The van der Waals surface area contributed by atoms with Crippen LogP contribution >= 0.6 is 12.2 Å². The first-order valence-electron chi connectivity index (χ1n) is 9.29. The molecule has 1 amide bonds. The summed E-state index contributed by atoms with van der Waals surface area (Å²) in [5.41, 5.74) is 4.41. The van der Waals surface area contributed by atoms with Gasteiger partial charge in [-0.25, -0.2) is 14.8 Å². The van der Waals surface area contributed by atoms with Crippen molar-refractivity contribution >= 4 is 29.2 Å². The Bertz CT molecular complexity index is 963. The van der Waals surface area contributed by atoms with Gasteiger partial charge in [-0.05, 0) is 47.9 Å². The smallest absolute Gasteiger partial charge is 0.261 e. The summed E-state index contributed by atoms with van der Waals surface area (Å²) in [5, 5.41) is 9.20. The van der Waals surface area contributed by atoms with Crippen molar-refractivity contribution in [3.05, 3.63) is 54.4 Å². The monoisotopic (exact) mass is 432 g/mol. The lowest BCUT2D eigenvalue weighted by Crippen LogP contribution is -2.46. The fraction of sp³-hybridized carbons (Fsp3) is 0.300. The Labute approximate surface area is 178 Å². The third-order valence-electron chi connectivity index (χ3n) is 4.46. The molecule has 0 saturated carbocycles. The number of nitrogens with one attached hydrogen (secondary N) is 2. The molecule has 0 bridgehead atoms. The van der Waals surface area contributed by atoms with Gasteiger partial charge in [0.25, 0.3) is 5.91 Å². The number of hydrogen-bond donors (Lipinski definition) is 3. The number of hydroxylamine groups is 1. The molecule has 0 fully saturated rings. The number of hydrogen-bond acceptors (Lipinski definition) is 8. The van der Waals surface area contributed by atoms with Crippen molar-refractivity contribution in [2.75, 3.05) is 7.11 Å². The minimum Gasteiger partial charge on any atom is -0.497 e. The minimum atomic E-state index is -0.670. The van der Waals surface area contributed by atoms with Crippen LogP contribution in [0, 0.1) is 5.92 Å². The van der Waals surface area contributed by atoms with Gasteiger partial charge >= 0.3 is 0 Å². The summed E-state index contributed by atoms with van der Waals surface area (Å²) >= 11 is 0.891. The quantitative estimate of drug-likeness (QED) is 0.147. The SMILES string of the molecule is COc1ccc(OOSN(Cc2ccc3nc[nH]c3c2)[C@@H](C(=O)NO)C(C)C)cc1. The molecule has 2 aromatic carbocycles. The highest BCUT2D eigenvalue weighted by Crippen LogP contribution is 2.27. The number of methoxy groups -OCH3 is 1. The first-order chi connectivity index (χ1) is 14.5. The van der Waals surface area contributed by atoms with Gasteiger partial charge in [0.15, 0.2) is 5.75 Å². The van der Waals surface area contributed by atoms with Crippen LogP contribution in [0.15, 0.2) is 48.8 Å². The second-order valence-corrected chi connectivity index (χ2v) is 7.65. The number of nitrogens with zero attached hydrogens (tertiary/aromatic N) is 2. The number of carbonyl (C=O) groups is 1. The Kier molecular flexibility index (Phi) is 7.52. The molecule has 1 atom stereocenters. The third-order valence-corrected chi connectivity index (χ3v) is 5.14. The van der Waals surface area contributed by atoms with Crippen molar-refractivity contribution in [1.82, 2.24) is 19.8 Å².